The van der Waals surface area contributed by atoms with Crippen molar-refractivity contribution in [1.29, 1.82) is 0 Å². The van der Waals surface area contributed by atoms with Crippen molar-refractivity contribution in [2.24, 2.45) is 0 Å². The molecule has 2 heterocycles. The Morgan fingerprint density at radius 2 is 2.08 bits per heavy atom. The highest BCUT2D eigenvalue weighted by atomic mass is 32.2. The second kappa shape index (κ2) is 7.19. The molecule has 8 heteroatoms. The lowest BCUT2D eigenvalue weighted by Gasteiger charge is -2.29. The first-order chi connectivity index (χ1) is 12.3. The van der Waals surface area contributed by atoms with E-state index in [1.807, 2.05) is 32.9 Å². The summed E-state index contributed by atoms with van der Waals surface area (Å²) >= 11 is 1.61. The molecule has 2 fully saturated rings. The third kappa shape index (κ3) is 3.65. The smallest absolute Gasteiger partial charge is 0.276 e. The Morgan fingerprint density at radius 1 is 1.31 bits per heavy atom. The van der Waals surface area contributed by atoms with Crippen LogP contribution in [0.3, 0.4) is 0 Å². The molecule has 0 spiro atoms. The molecule has 3 rings (SSSR count). The Hall–Kier alpha value is -2.22. The number of nitrogens with zero attached hydrogens (tertiary/aromatic N) is 1. The molecule has 1 aromatic rings. The Balaban J connectivity index is 1.48. The molecule has 0 radical (unpaired) electrons. The van der Waals surface area contributed by atoms with Crippen LogP contribution in [0.2, 0.25) is 0 Å². The minimum absolute atomic E-state index is 0.0120. The van der Waals surface area contributed by atoms with Crippen LogP contribution in [0.25, 0.3) is 0 Å². The van der Waals surface area contributed by atoms with Gasteiger partial charge in [0.1, 0.15) is 11.8 Å². The molecule has 2 aliphatic rings. The summed E-state index contributed by atoms with van der Waals surface area (Å²) in [7, 11) is 0. The van der Waals surface area contributed by atoms with Gasteiger partial charge < -0.3 is 9.64 Å². The summed E-state index contributed by atoms with van der Waals surface area (Å²) in [5.41, 5.74) is 6.98. The molecule has 0 aromatic heterocycles. The van der Waals surface area contributed by atoms with Crippen LogP contribution in [0, 0.1) is 13.8 Å². The summed E-state index contributed by atoms with van der Waals surface area (Å²) in [5.74, 6) is 0.277. The molecule has 140 valence electrons. The van der Waals surface area contributed by atoms with E-state index in [0.717, 1.165) is 17.5 Å². The van der Waals surface area contributed by atoms with Crippen LogP contribution in [-0.2, 0) is 14.4 Å². The number of thioether (sulfide) groups is 1. The van der Waals surface area contributed by atoms with Crippen LogP contribution < -0.4 is 15.6 Å². The maximum atomic E-state index is 12.4. The van der Waals surface area contributed by atoms with E-state index >= 15 is 0 Å². The van der Waals surface area contributed by atoms with E-state index in [1.165, 1.54) is 0 Å². The molecular formula is C18H23N3O4S. The lowest BCUT2D eigenvalue weighted by molar-refractivity contribution is -0.139. The van der Waals surface area contributed by atoms with E-state index in [0.29, 0.717) is 17.9 Å². The minimum Gasteiger partial charge on any atom is -0.484 e. The summed E-state index contributed by atoms with van der Waals surface area (Å²) in [5, 5.41) is 0. The largest absolute Gasteiger partial charge is 0.484 e. The average molecular weight is 377 g/mol. The molecule has 2 saturated heterocycles. The van der Waals surface area contributed by atoms with Gasteiger partial charge in [0, 0.05) is 12.2 Å². The third-order valence-corrected chi connectivity index (χ3v) is 6.43. The van der Waals surface area contributed by atoms with Crippen LogP contribution in [-0.4, -0.2) is 45.9 Å². The van der Waals surface area contributed by atoms with E-state index in [9.17, 15) is 14.4 Å². The van der Waals surface area contributed by atoms with Crippen molar-refractivity contribution in [3.63, 3.8) is 0 Å². The van der Waals surface area contributed by atoms with E-state index in [4.69, 9.17) is 4.74 Å². The number of rotatable bonds is 4. The molecule has 1 aromatic carbocycles. The molecule has 7 nitrogen and oxygen atoms in total. The van der Waals surface area contributed by atoms with Crippen molar-refractivity contribution in [3.8, 4) is 5.75 Å². The lowest BCUT2D eigenvalue weighted by atomic mass is 10.1. The number of nitrogens with one attached hydrogen (secondary N) is 2. The van der Waals surface area contributed by atoms with Gasteiger partial charge in [-0.2, -0.15) is 0 Å². The Bertz CT molecular complexity index is 754. The minimum atomic E-state index is -0.555. The highest BCUT2D eigenvalue weighted by Crippen LogP contribution is 2.47. The second-order valence-corrected chi connectivity index (χ2v) is 8.34. The van der Waals surface area contributed by atoms with Crippen molar-refractivity contribution in [2.75, 3.05) is 12.4 Å². The highest BCUT2D eigenvalue weighted by molar-refractivity contribution is 8.01. The number of amides is 3. The van der Waals surface area contributed by atoms with Gasteiger partial charge in [-0.25, -0.2) is 0 Å². The van der Waals surface area contributed by atoms with E-state index in [2.05, 4.69) is 10.9 Å². The number of aryl methyl sites for hydroxylation is 2. The van der Waals surface area contributed by atoms with Gasteiger partial charge in [-0.3, -0.25) is 25.2 Å². The number of ether oxygens (including phenoxy) is 1. The van der Waals surface area contributed by atoms with E-state index in [1.54, 1.807) is 22.7 Å². The molecule has 2 aliphatic heterocycles. The number of hydrogen-bond acceptors (Lipinski definition) is 5. The average Bonchev–Trinajstić information content (AvgIpc) is 3.10. The molecule has 0 bridgehead atoms. The monoisotopic (exact) mass is 377 g/mol. The first kappa shape index (κ1) is 18.6. The molecular weight excluding hydrogens is 354 g/mol. The van der Waals surface area contributed by atoms with Crippen LogP contribution in [0.4, 0.5) is 0 Å². The molecule has 2 N–H and O–H groups in total. The lowest BCUT2D eigenvalue weighted by Crippen LogP contribution is -2.54. The molecule has 0 saturated carbocycles. The topological polar surface area (TPSA) is 87.7 Å². The Kier molecular flexibility index (Phi) is 5.13. The zero-order valence-electron chi connectivity index (χ0n) is 15.1. The zero-order chi connectivity index (χ0) is 18.9. The first-order valence-corrected chi connectivity index (χ1v) is 9.53. The van der Waals surface area contributed by atoms with Gasteiger partial charge in [0.2, 0.25) is 5.91 Å². The van der Waals surface area contributed by atoms with E-state index < -0.39 is 11.9 Å². The van der Waals surface area contributed by atoms with Gasteiger partial charge in [0.15, 0.2) is 6.61 Å². The van der Waals surface area contributed by atoms with Crippen LogP contribution >= 0.6 is 11.8 Å². The summed E-state index contributed by atoms with van der Waals surface area (Å²) in [6.45, 7) is 5.74. The van der Waals surface area contributed by atoms with E-state index in [-0.39, 0.29) is 23.3 Å². The van der Waals surface area contributed by atoms with Gasteiger partial charge in [0.05, 0.1) is 4.87 Å². The third-order valence-electron chi connectivity index (χ3n) is 4.92. The maximum Gasteiger partial charge on any atom is 0.276 e. The Labute approximate surface area is 156 Å². The number of carbonyl (C=O) groups is 3. The van der Waals surface area contributed by atoms with Gasteiger partial charge in [-0.1, -0.05) is 6.07 Å². The number of benzene rings is 1. The van der Waals surface area contributed by atoms with Gasteiger partial charge in [-0.05, 0) is 50.5 Å². The SMILES string of the molecule is Cc1ccc(OCC(=O)NNC(=O)[C@@H]2CS[C@@]3(C)CCC(=O)N23)cc1C. The van der Waals surface area contributed by atoms with Crippen molar-refractivity contribution >= 4 is 29.5 Å². The van der Waals surface area contributed by atoms with Crippen molar-refractivity contribution in [2.45, 2.75) is 44.5 Å². The first-order valence-electron chi connectivity index (χ1n) is 8.55. The zero-order valence-corrected chi connectivity index (χ0v) is 15.9. The summed E-state index contributed by atoms with van der Waals surface area (Å²) < 4.78 is 5.43. The molecule has 3 amide bonds. The molecule has 0 unspecified atom stereocenters. The maximum absolute atomic E-state index is 12.4. The van der Waals surface area contributed by atoms with Gasteiger partial charge in [0.25, 0.3) is 11.8 Å². The Morgan fingerprint density at radius 3 is 2.81 bits per heavy atom. The summed E-state index contributed by atoms with van der Waals surface area (Å²) in [4.78, 5) is 37.7. The van der Waals surface area contributed by atoms with Gasteiger partial charge >= 0.3 is 0 Å². The molecule has 26 heavy (non-hydrogen) atoms. The number of carbonyl (C=O) groups excluding carboxylic acids is 3. The standard InChI is InChI=1S/C18H23N3O4S/c1-11-4-5-13(8-12(11)2)25-9-15(22)19-20-17(24)14-10-26-18(3)7-6-16(23)21(14)18/h4-5,8,14H,6-7,9-10H2,1-3H3,(H,19,22)(H,20,24)/t14-,18-/m0/s1. The summed E-state index contributed by atoms with van der Waals surface area (Å²) in [6, 6.07) is 5.02. The fraction of sp³-hybridized carbons (Fsp3) is 0.500. The van der Waals surface area contributed by atoms with Crippen LogP contribution in [0.5, 0.6) is 5.75 Å². The van der Waals surface area contributed by atoms with Crippen LogP contribution in [0.15, 0.2) is 18.2 Å². The predicted molar refractivity (Wildman–Crippen MR) is 98.4 cm³/mol. The number of hydrogen-bond donors (Lipinski definition) is 2. The van der Waals surface area contributed by atoms with Crippen molar-refractivity contribution < 1.29 is 19.1 Å². The second-order valence-electron chi connectivity index (χ2n) is 6.84. The molecule has 0 aliphatic carbocycles. The molecule has 2 atom stereocenters. The quantitative estimate of drug-likeness (QED) is 0.772. The van der Waals surface area contributed by atoms with Gasteiger partial charge in [-0.15, -0.1) is 11.8 Å². The normalized spacial score (nSPS) is 24.3. The fourth-order valence-corrected chi connectivity index (χ4v) is 4.65. The summed E-state index contributed by atoms with van der Waals surface area (Å²) in [6.07, 6.45) is 1.21. The number of hydrazine groups is 1. The van der Waals surface area contributed by atoms with Crippen molar-refractivity contribution in [1.82, 2.24) is 15.8 Å². The van der Waals surface area contributed by atoms with Crippen molar-refractivity contribution in [3.05, 3.63) is 29.3 Å². The fourth-order valence-electron chi connectivity index (χ4n) is 3.22. The predicted octanol–water partition coefficient (Wildman–Crippen LogP) is 1.28. The number of fused-ring (bicyclic) bond motifs is 1. The highest BCUT2D eigenvalue weighted by Gasteiger charge is 2.52. The van der Waals surface area contributed by atoms with Crippen LogP contribution in [0.1, 0.15) is 30.9 Å².